The van der Waals surface area contributed by atoms with E-state index in [9.17, 15) is 0 Å². The molecule has 1 unspecified atom stereocenters. The quantitative estimate of drug-likeness (QED) is 0.368. The lowest BCUT2D eigenvalue weighted by molar-refractivity contribution is 0.241. The first kappa shape index (κ1) is 20.5. The van der Waals surface area contributed by atoms with Gasteiger partial charge >= 0.3 is 0 Å². The summed E-state index contributed by atoms with van der Waals surface area (Å²) in [6.45, 7) is 7.18. The number of hydrogen-bond donors (Lipinski definition) is 2. The Morgan fingerprint density at radius 2 is 2.15 bits per heavy atom. The second-order valence-corrected chi connectivity index (χ2v) is 5.99. The molecule has 7 nitrogen and oxygen atoms in total. The number of aryl methyl sites for hydroxylation is 1. The van der Waals surface area contributed by atoms with Crippen molar-refractivity contribution in [1.82, 2.24) is 25.4 Å². The van der Waals surface area contributed by atoms with Crippen LogP contribution in [0.3, 0.4) is 0 Å². The number of rotatable bonds is 7. The summed E-state index contributed by atoms with van der Waals surface area (Å²) in [5.74, 6) is 2.80. The van der Waals surface area contributed by atoms with E-state index in [2.05, 4.69) is 56.4 Å². The molecule has 1 aliphatic rings. The van der Waals surface area contributed by atoms with Gasteiger partial charge in [0.1, 0.15) is 24.0 Å². The van der Waals surface area contributed by atoms with Crippen molar-refractivity contribution in [2.45, 2.75) is 39.3 Å². The van der Waals surface area contributed by atoms with Crippen LogP contribution in [0.5, 0.6) is 5.75 Å². The lowest BCUT2D eigenvalue weighted by Gasteiger charge is -2.14. The number of fused-ring (bicyclic) bond motifs is 1. The van der Waals surface area contributed by atoms with Crippen molar-refractivity contribution in [2.75, 3.05) is 19.6 Å². The zero-order chi connectivity index (χ0) is 17.5. The second-order valence-electron chi connectivity index (χ2n) is 5.99. The van der Waals surface area contributed by atoms with Gasteiger partial charge in [-0.25, -0.2) is 4.99 Å². The lowest BCUT2D eigenvalue weighted by Crippen LogP contribution is -2.39. The van der Waals surface area contributed by atoms with Crippen LogP contribution in [0.1, 0.15) is 25.2 Å². The third-order valence-electron chi connectivity index (χ3n) is 4.17. The first-order valence-electron chi connectivity index (χ1n) is 8.93. The first-order chi connectivity index (χ1) is 12.3. The number of hydrogen-bond acceptors (Lipinski definition) is 4. The molecule has 0 radical (unpaired) electrons. The van der Waals surface area contributed by atoms with Crippen LogP contribution >= 0.6 is 24.0 Å². The number of aliphatic imine (C=N–C) groups is 1. The van der Waals surface area contributed by atoms with Gasteiger partial charge in [0.25, 0.3) is 0 Å². The zero-order valence-electron chi connectivity index (χ0n) is 15.3. The van der Waals surface area contributed by atoms with Crippen LogP contribution in [0.15, 0.2) is 35.6 Å². The summed E-state index contributed by atoms with van der Waals surface area (Å²) in [6.07, 6.45) is 3.68. The molecule has 1 aromatic carbocycles. The van der Waals surface area contributed by atoms with Crippen LogP contribution in [-0.4, -0.2) is 46.5 Å². The number of benzene rings is 1. The zero-order valence-corrected chi connectivity index (χ0v) is 17.6. The van der Waals surface area contributed by atoms with Crippen LogP contribution in [-0.2, 0) is 19.4 Å². The van der Waals surface area contributed by atoms with E-state index in [1.54, 1.807) is 6.33 Å². The fourth-order valence-electron chi connectivity index (χ4n) is 2.92. The van der Waals surface area contributed by atoms with Gasteiger partial charge in [0, 0.05) is 32.5 Å². The van der Waals surface area contributed by atoms with Gasteiger partial charge < -0.3 is 19.9 Å². The molecule has 2 heterocycles. The molecule has 1 aliphatic heterocycles. The summed E-state index contributed by atoms with van der Waals surface area (Å²) >= 11 is 0. The molecule has 0 saturated heterocycles. The van der Waals surface area contributed by atoms with Crippen molar-refractivity contribution in [3.8, 4) is 5.75 Å². The van der Waals surface area contributed by atoms with Crippen LogP contribution < -0.4 is 15.4 Å². The maximum absolute atomic E-state index is 5.95. The van der Waals surface area contributed by atoms with E-state index < -0.39 is 0 Å². The molecular weight excluding hydrogens is 443 g/mol. The maximum atomic E-state index is 5.95. The molecule has 1 aromatic heterocycles. The van der Waals surface area contributed by atoms with Crippen molar-refractivity contribution >= 4 is 29.9 Å². The Balaban J connectivity index is 0.00000243. The van der Waals surface area contributed by atoms with E-state index in [-0.39, 0.29) is 30.1 Å². The number of nitrogens with one attached hydrogen (secondary N) is 2. The van der Waals surface area contributed by atoms with Crippen LogP contribution in [0.4, 0.5) is 0 Å². The molecule has 2 aromatic rings. The fraction of sp³-hybridized carbons (Fsp3) is 0.500. The Morgan fingerprint density at radius 3 is 2.92 bits per heavy atom. The largest absolute Gasteiger partial charge is 0.488 e. The minimum absolute atomic E-state index is 0. The van der Waals surface area contributed by atoms with Gasteiger partial charge in [-0.1, -0.05) is 25.1 Å². The Hall–Kier alpha value is -1.84. The minimum Gasteiger partial charge on any atom is -0.488 e. The Kier molecular flexibility index (Phi) is 8.14. The van der Waals surface area contributed by atoms with Crippen LogP contribution in [0.2, 0.25) is 0 Å². The van der Waals surface area contributed by atoms with Gasteiger partial charge in [-0.05, 0) is 18.6 Å². The first-order valence-corrected chi connectivity index (χ1v) is 8.93. The molecular formula is C18H27IN6O. The van der Waals surface area contributed by atoms with Gasteiger partial charge in [0.05, 0.1) is 6.54 Å². The summed E-state index contributed by atoms with van der Waals surface area (Å²) in [5.41, 5.74) is 1.26. The fourth-order valence-corrected chi connectivity index (χ4v) is 2.92. The number of guanidine groups is 1. The number of aromatic nitrogens is 3. The van der Waals surface area contributed by atoms with Crippen molar-refractivity contribution in [3.63, 3.8) is 0 Å². The van der Waals surface area contributed by atoms with Crippen LogP contribution in [0, 0.1) is 0 Å². The summed E-state index contributed by atoms with van der Waals surface area (Å²) in [6, 6.07) is 8.19. The highest BCUT2D eigenvalue weighted by Crippen LogP contribution is 2.28. The van der Waals surface area contributed by atoms with E-state index >= 15 is 0 Å². The van der Waals surface area contributed by atoms with E-state index in [0.29, 0.717) is 6.54 Å². The number of nitrogens with zero attached hydrogens (tertiary/aromatic N) is 4. The predicted molar refractivity (Wildman–Crippen MR) is 113 cm³/mol. The number of ether oxygens (including phenoxy) is 1. The smallest absolute Gasteiger partial charge is 0.191 e. The molecule has 0 fully saturated rings. The highest BCUT2D eigenvalue weighted by Gasteiger charge is 2.21. The minimum atomic E-state index is 0. The standard InChI is InChI=1S/C18H26N6O.HI/c1-3-17-23-22-13-24(17)10-9-20-18(19-4-2)21-12-15-11-14-7-5-6-8-16(14)25-15;/h5-8,13,15H,3-4,9-12H2,1-2H3,(H2,19,20,21);1H. The molecule has 142 valence electrons. The molecule has 0 aliphatic carbocycles. The monoisotopic (exact) mass is 470 g/mol. The SMILES string of the molecule is CCNC(=NCC1Cc2ccccc2O1)NCCn1cnnc1CC.I. The van der Waals surface area contributed by atoms with E-state index in [0.717, 1.165) is 50.0 Å². The average molecular weight is 470 g/mol. The van der Waals surface area contributed by atoms with Crippen molar-refractivity contribution in [3.05, 3.63) is 42.0 Å². The lowest BCUT2D eigenvalue weighted by atomic mass is 10.1. The van der Waals surface area contributed by atoms with Gasteiger partial charge in [-0.3, -0.25) is 0 Å². The highest BCUT2D eigenvalue weighted by atomic mass is 127. The van der Waals surface area contributed by atoms with Gasteiger partial charge in [-0.2, -0.15) is 0 Å². The summed E-state index contributed by atoms with van der Waals surface area (Å²) in [4.78, 5) is 4.67. The van der Waals surface area contributed by atoms with Crippen molar-refractivity contribution in [2.24, 2.45) is 4.99 Å². The highest BCUT2D eigenvalue weighted by molar-refractivity contribution is 14.0. The Labute approximate surface area is 171 Å². The van der Waals surface area contributed by atoms with Crippen LogP contribution in [0.25, 0.3) is 0 Å². The van der Waals surface area contributed by atoms with E-state index in [4.69, 9.17) is 4.74 Å². The summed E-state index contributed by atoms with van der Waals surface area (Å²) in [7, 11) is 0. The molecule has 2 N–H and O–H groups in total. The molecule has 3 rings (SSSR count). The molecule has 0 amide bonds. The number of para-hydroxylation sites is 1. The summed E-state index contributed by atoms with van der Waals surface area (Å²) in [5, 5.41) is 14.7. The Morgan fingerprint density at radius 1 is 1.31 bits per heavy atom. The second kappa shape index (κ2) is 10.3. The maximum Gasteiger partial charge on any atom is 0.191 e. The average Bonchev–Trinajstić information content (AvgIpc) is 3.25. The molecule has 26 heavy (non-hydrogen) atoms. The molecule has 8 heteroatoms. The van der Waals surface area contributed by atoms with Gasteiger partial charge in [0.15, 0.2) is 5.96 Å². The van der Waals surface area contributed by atoms with Crippen molar-refractivity contribution in [1.29, 1.82) is 0 Å². The molecule has 0 bridgehead atoms. The number of halogens is 1. The normalized spacial score (nSPS) is 15.8. The molecule has 1 atom stereocenters. The van der Waals surface area contributed by atoms with Crippen molar-refractivity contribution < 1.29 is 4.74 Å². The van der Waals surface area contributed by atoms with Gasteiger partial charge in [0.2, 0.25) is 0 Å². The summed E-state index contributed by atoms with van der Waals surface area (Å²) < 4.78 is 8.01. The predicted octanol–water partition coefficient (Wildman–Crippen LogP) is 2.02. The third-order valence-corrected chi connectivity index (χ3v) is 4.17. The van der Waals surface area contributed by atoms with E-state index in [1.807, 2.05) is 12.1 Å². The molecule has 0 saturated carbocycles. The third kappa shape index (κ3) is 5.33. The Bertz CT molecular complexity index is 692. The van der Waals surface area contributed by atoms with E-state index in [1.165, 1.54) is 5.56 Å². The van der Waals surface area contributed by atoms with Gasteiger partial charge in [-0.15, -0.1) is 34.2 Å². The topological polar surface area (TPSA) is 76.4 Å². The molecule has 0 spiro atoms.